The zero-order valence-electron chi connectivity index (χ0n) is 25.8. The number of carbonyl (C=O) groups is 2. The molecule has 0 aromatic heterocycles. The summed E-state index contributed by atoms with van der Waals surface area (Å²) in [7, 11) is -4.36. The third-order valence-corrected chi connectivity index (χ3v) is 9.65. The van der Waals surface area contributed by atoms with Crippen LogP contribution in [-0.2, 0) is 32.6 Å². The average Bonchev–Trinajstić information content (AvgIpc) is 3.05. The van der Waals surface area contributed by atoms with Crippen molar-refractivity contribution >= 4 is 56.4 Å². The smallest absolute Gasteiger partial charge is 0.269 e. The van der Waals surface area contributed by atoms with Crippen LogP contribution in [0, 0.1) is 16.0 Å². The summed E-state index contributed by atoms with van der Waals surface area (Å²) in [4.78, 5) is 40.3. The lowest BCUT2D eigenvalue weighted by Crippen LogP contribution is -2.53. The number of nitrogens with zero attached hydrogens (tertiary/aromatic N) is 3. The molecule has 0 saturated carbocycles. The Balaban J connectivity index is 1.82. The van der Waals surface area contributed by atoms with Crippen LogP contribution in [0.3, 0.4) is 0 Å². The van der Waals surface area contributed by atoms with Gasteiger partial charge in [-0.25, -0.2) is 8.42 Å². The first-order valence-corrected chi connectivity index (χ1v) is 16.9. The fourth-order valence-corrected chi connectivity index (χ4v) is 6.70. The Kier molecular flexibility index (Phi) is 12.0. The summed E-state index contributed by atoms with van der Waals surface area (Å²) >= 11 is 12.7. The summed E-state index contributed by atoms with van der Waals surface area (Å²) in [6.45, 7) is 3.38. The number of rotatable bonds is 14. The number of nitro benzene ring substituents is 1. The maximum Gasteiger partial charge on any atom is 0.269 e. The van der Waals surface area contributed by atoms with E-state index in [-0.39, 0.29) is 40.2 Å². The van der Waals surface area contributed by atoms with Gasteiger partial charge < -0.3 is 10.2 Å². The van der Waals surface area contributed by atoms with Crippen LogP contribution in [0.5, 0.6) is 0 Å². The number of carbonyl (C=O) groups excluding carboxylic acids is 2. The van der Waals surface area contributed by atoms with E-state index < -0.39 is 39.3 Å². The highest BCUT2D eigenvalue weighted by molar-refractivity contribution is 7.92. The van der Waals surface area contributed by atoms with Gasteiger partial charge in [0.25, 0.3) is 15.7 Å². The van der Waals surface area contributed by atoms with Crippen LogP contribution in [0.2, 0.25) is 10.0 Å². The summed E-state index contributed by atoms with van der Waals surface area (Å²) in [6, 6.07) is 25.3. The highest BCUT2D eigenvalue weighted by atomic mass is 35.5. The first kappa shape index (κ1) is 35.4. The minimum atomic E-state index is -4.36. The quantitative estimate of drug-likeness (QED) is 0.118. The van der Waals surface area contributed by atoms with Gasteiger partial charge >= 0.3 is 0 Å². The van der Waals surface area contributed by atoms with E-state index >= 15 is 0 Å². The van der Waals surface area contributed by atoms with E-state index in [2.05, 4.69) is 5.32 Å². The van der Waals surface area contributed by atoms with Crippen molar-refractivity contribution in [1.82, 2.24) is 10.2 Å². The predicted octanol–water partition coefficient (Wildman–Crippen LogP) is 6.51. The topological polar surface area (TPSA) is 130 Å². The van der Waals surface area contributed by atoms with Crippen molar-refractivity contribution in [3.8, 4) is 0 Å². The van der Waals surface area contributed by atoms with Gasteiger partial charge in [-0.05, 0) is 53.4 Å². The van der Waals surface area contributed by atoms with E-state index in [1.807, 2.05) is 44.2 Å². The lowest BCUT2D eigenvalue weighted by Gasteiger charge is -2.34. The third kappa shape index (κ3) is 9.31. The van der Waals surface area contributed by atoms with E-state index in [1.54, 1.807) is 30.3 Å². The SMILES string of the molecule is CC(C)CNC(=O)[C@@H](Cc1ccccc1)N(Cc1ccc(Cl)cc1Cl)C(=O)CN(c1ccc([N+](=O)[O-])cc1)S(=O)(=O)c1ccccc1. The number of hydrogen-bond donors (Lipinski definition) is 1. The number of nitrogens with one attached hydrogen (secondary N) is 1. The maximum atomic E-state index is 14.5. The molecule has 0 spiro atoms. The van der Waals surface area contributed by atoms with E-state index in [1.165, 1.54) is 35.2 Å². The lowest BCUT2D eigenvalue weighted by molar-refractivity contribution is -0.384. The largest absolute Gasteiger partial charge is 0.354 e. The van der Waals surface area contributed by atoms with E-state index in [9.17, 15) is 28.1 Å². The molecule has 1 atom stereocenters. The fraction of sp³-hybridized carbons (Fsp3) is 0.235. The summed E-state index contributed by atoms with van der Waals surface area (Å²) in [5, 5.41) is 14.9. The predicted molar refractivity (Wildman–Crippen MR) is 183 cm³/mol. The second kappa shape index (κ2) is 15.9. The van der Waals surface area contributed by atoms with Gasteiger partial charge in [0.05, 0.1) is 15.5 Å². The van der Waals surface area contributed by atoms with Crippen molar-refractivity contribution < 1.29 is 22.9 Å². The van der Waals surface area contributed by atoms with E-state index in [0.717, 1.165) is 22.0 Å². The number of anilines is 1. The van der Waals surface area contributed by atoms with Crippen LogP contribution in [0.1, 0.15) is 25.0 Å². The van der Waals surface area contributed by atoms with Gasteiger partial charge in [0.2, 0.25) is 11.8 Å². The van der Waals surface area contributed by atoms with Crippen molar-refractivity contribution in [1.29, 1.82) is 0 Å². The summed E-state index contributed by atoms with van der Waals surface area (Å²) in [5.41, 5.74) is 1.05. The molecule has 4 aromatic carbocycles. The molecule has 0 fully saturated rings. The van der Waals surface area contributed by atoms with Gasteiger partial charge in [0.1, 0.15) is 12.6 Å². The Hall–Kier alpha value is -4.45. The molecule has 0 unspecified atom stereocenters. The molecule has 0 saturated heterocycles. The summed E-state index contributed by atoms with van der Waals surface area (Å²) < 4.78 is 29.0. The molecule has 0 heterocycles. The summed E-state index contributed by atoms with van der Waals surface area (Å²) in [6.07, 6.45) is 0.130. The first-order valence-electron chi connectivity index (χ1n) is 14.7. The number of benzene rings is 4. The number of sulfonamides is 1. The molecule has 2 amide bonds. The monoisotopic (exact) mass is 696 g/mol. The van der Waals surface area contributed by atoms with Crippen LogP contribution in [0.25, 0.3) is 0 Å². The Morgan fingerprint density at radius 1 is 0.894 bits per heavy atom. The highest BCUT2D eigenvalue weighted by Gasteiger charge is 2.35. The average molecular weight is 698 g/mol. The molecule has 0 aliphatic carbocycles. The van der Waals surface area contributed by atoms with Crippen molar-refractivity contribution in [3.63, 3.8) is 0 Å². The van der Waals surface area contributed by atoms with Crippen LogP contribution in [0.4, 0.5) is 11.4 Å². The highest BCUT2D eigenvalue weighted by Crippen LogP contribution is 2.28. The van der Waals surface area contributed by atoms with Gasteiger partial charge in [-0.2, -0.15) is 0 Å². The van der Waals surface area contributed by atoms with Gasteiger partial charge in [-0.3, -0.25) is 24.0 Å². The lowest BCUT2D eigenvalue weighted by atomic mass is 10.0. The van der Waals surface area contributed by atoms with Crippen LogP contribution in [0.15, 0.2) is 108 Å². The number of amides is 2. The normalized spacial score (nSPS) is 11.9. The zero-order chi connectivity index (χ0) is 34.1. The Morgan fingerprint density at radius 2 is 1.51 bits per heavy atom. The second-order valence-corrected chi connectivity index (χ2v) is 13.9. The molecule has 0 aliphatic rings. The van der Waals surface area contributed by atoms with Crippen molar-refractivity contribution in [2.24, 2.45) is 5.92 Å². The minimum Gasteiger partial charge on any atom is -0.354 e. The molecular weight excluding hydrogens is 663 g/mol. The zero-order valence-corrected chi connectivity index (χ0v) is 28.1. The number of nitro groups is 1. The standard InChI is InChI=1S/C34H34Cl2N4O6S/c1-24(2)21-37-34(42)32(19-25-9-5-3-6-10-25)38(22-26-13-14-27(35)20-31(26)36)33(41)23-39(28-15-17-29(18-16-28)40(43)44)47(45,46)30-11-7-4-8-12-30/h3-18,20,24,32H,19,21-23H2,1-2H3,(H,37,42)/t32-/m1/s1. The van der Waals surface area contributed by atoms with Crippen LogP contribution >= 0.6 is 23.2 Å². The Morgan fingerprint density at radius 3 is 2.09 bits per heavy atom. The number of non-ortho nitro benzene ring substituents is 1. The minimum absolute atomic E-state index is 0.0288. The molecule has 13 heteroatoms. The van der Waals surface area contributed by atoms with Gasteiger partial charge in [0.15, 0.2) is 0 Å². The molecule has 4 rings (SSSR count). The first-order chi connectivity index (χ1) is 22.4. The summed E-state index contributed by atoms with van der Waals surface area (Å²) in [5.74, 6) is -0.997. The Labute approximate surface area is 284 Å². The maximum absolute atomic E-state index is 14.5. The van der Waals surface area contributed by atoms with E-state index in [4.69, 9.17) is 23.2 Å². The Bertz CT molecular complexity index is 1810. The molecule has 4 aromatic rings. The molecule has 0 aliphatic heterocycles. The molecule has 47 heavy (non-hydrogen) atoms. The third-order valence-electron chi connectivity index (χ3n) is 7.27. The molecule has 0 bridgehead atoms. The van der Waals surface area contributed by atoms with Gasteiger partial charge in [-0.1, -0.05) is 91.6 Å². The molecular formula is C34H34Cl2N4O6S. The molecule has 246 valence electrons. The molecule has 0 radical (unpaired) electrons. The number of hydrogen-bond acceptors (Lipinski definition) is 6. The van der Waals surface area contributed by atoms with E-state index in [0.29, 0.717) is 17.1 Å². The van der Waals surface area contributed by atoms with Gasteiger partial charge in [0, 0.05) is 41.7 Å². The molecule has 10 nitrogen and oxygen atoms in total. The van der Waals surface area contributed by atoms with Crippen LogP contribution < -0.4 is 9.62 Å². The van der Waals surface area contributed by atoms with Gasteiger partial charge in [-0.15, -0.1) is 0 Å². The van der Waals surface area contributed by atoms with Crippen molar-refractivity contribution in [3.05, 3.63) is 134 Å². The molecule has 1 N–H and O–H groups in total. The van der Waals surface area contributed by atoms with Crippen molar-refractivity contribution in [2.45, 2.75) is 37.8 Å². The second-order valence-electron chi connectivity index (χ2n) is 11.2. The fourth-order valence-electron chi connectivity index (χ4n) is 4.80. The van der Waals surface area contributed by atoms with Crippen LogP contribution in [-0.4, -0.2) is 49.2 Å². The number of halogens is 2. The van der Waals surface area contributed by atoms with Crippen molar-refractivity contribution in [2.75, 3.05) is 17.4 Å².